The van der Waals surface area contributed by atoms with Crippen LogP contribution >= 0.6 is 0 Å². The van der Waals surface area contributed by atoms with Gasteiger partial charge in [0.15, 0.2) is 5.69 Å². The first-order valence-electron chi connectivity index (χ1n) is 6.73. The highest BCUT2D eigenvalue weighted by Gasteiger charge is 2.27. The van der Waals surface area contributed by atoms with E-state index in [0.717, 1.165) is 0 Å². The maximum atomic E-state index is 11.7. The van der Waals surface area contributed by atoms with Crippen LogP contribution in [-0.2, 0) is 9.53 Å². The molecule has 1 aromatic rings. The van der Waals surface area contributed by atoms with Crippen molar-refractivity contribution in [3.05, 3.63) is 24.0 Å². The van der Waals surface area contributed by atoms with Crippen molar-refractivity contribution in [3.63, 3.8) is 0 Å². The molecule has 108 valence electrons. The Bertz CT molecular complexity index is 496. The number of carboxylic acids is 1. The molecule has 0 saturated carbocycles. The average Bonchev–Trinajstić information content (AvgIpc) is 2.47. The van der Waals surface area contributed by atoms with Gasteiger partial charge in [0.1, 0.15) is 0 Å². The van der Waals surface area contributed by atoms with Crippen LogP contribution < -0.4 is 4.90 Å². The standard InChI is InChI=1S/C14H18N2O4/c1-2-20-14(19)10-5-8-16(9-6-10)11-4-3-7-15-12(11)13(17)18/h3-4,7,10H,2,5-6,8-9H2,1H3,(H,17,18). The smallest absolute Gasteiger partial charge is 0.356 e. The van der Waals surface area contributed by atoms with Gasteiger partial charge in [0, 0.05) is 19.3 Å². The van der Waals surface area contributed by atoms with Gasteiger partial charge in [-0.1, -0.05) is 0 Å². The summed E-state index contributed by atoms with van der Waals surface area (Å²) in [5.41, 5.74) is 0.671. The van der Waals surface area contributed by atoms with Crippen LogP contribution in [0.4, 0.5) is 5.69 Å². The lowest BCUT2D eigenvalue weighted by Crippen LogP contribution is -2.37. The topological polar surface area (TPSA) is 79.7 Å². The van der Waals surface area contributed by atoms with Crippen molar-refractivity contribution < 1.29 is 19.4 Å². The van der Waals surface area contributed by atoms with E-state index >= 15 is 0 Å². The number of rotatable bonds is 4. The second kappa shape index (κ2) is 6.36. The zero-order valence-electron chi connectivity index (χ0n) is 11.4. The van der Waals surface area contributed by atoms with Gasteiger partial charge in [0.25, 0.3) is 0 Å². The van der Waals surface area contributed by atoms with Crippen molar-refractivity contribution >= 4 is 17.6 Å². The summed E-state index contributed by atoms with van der Waals surface area (Å²) in [4.78, 5) is 28.7. The van der Waals surface area contributed by atoms with E-state index in [4.69, 9.17) is 9.84 Å². The minimum atomic E-state index is -1.03. The van der Waals surface area contributed by atoms with Gasteiger partial charge in [0.2, 0.25) is 0 Å². The molecule has 1 aliphatic heterocycles. The normalized spacial score (nSPS) is 15.9. The third kappa shape index (κ3) is 3.07. The van der Waals surface area contributed by atoms with Crippen LogP contribution in [0.15, 0.2) is 18.3 Å². The number of ether oxygens (including phenoxy) is 1. The molecule has 6 heteroatoms. The summed E-state index contributed by atoms with van der Waals surface area (Å²) >= 11 is 0. The van der Waals surface area contributed by atoms with Crippen molar-refractivity contribution in [2.75, 3.05) is 24.6 Å². The highest BCUT2D eigenvalue weighted by molar-refractivity contribution is 5.92. The average molecular weight is 278 g/mol. The zero-order valence-corrected chi connectivity index (χ0v) is 11.4. The lowest BCUT2D eigenvalue weighted by Gasteiger charge is -2.32. The Labute approximate surface area is 117 Å². The van der Waals surface area contributed by atoms with Gasteiger partial charge in [-0.15, -0.1) is 0 Å². The van der Waals surface area contributed by atoms with Gasteiger partial charge in [-0.2, -0.15) is 0 Å². The molecule has 0 bridgehead atoms. The molecule has 1 aliphatic rings. The molecule has 20 heavy (non-hydrogen) atoms. The zero-order chi connectivity index (χ0) is 14.5. The van der Waals surface area contributed by atoms with Crippen LogP contribution in [0.3, 0.4) is 0 Å². The number of carbonyl (C=O) groups excluding carboxylic acids is 1. The second-order valence-corrected chi connectivity index (χ2v) is 4.69. The maximum Gasteiger partial charge on any atom is 0.356 e. The summed E-state index contributed by atoms with van der Waals surface area (Å²) in [6.45, 7) is 3.46. The molecule has 0 aliphatic carbocycles. The third-order valence-corrected chi connectivity index (χ3v) is 3.44. The minimum absolute atomic E-state index is 0.0575. The number of aromatic carboxylic acids is 1. The van der Waals surface area contributed by atoms with E-state index < -0.39 is 5.97 Å². The molecular weight excluding hydrogens is 260 g/mol. The Kier molecular flexibility index (Phi) is 4.55. The first-order chi connectivity index (χ1) is 9.63. The fourth-order valence-electron chi connectivity index (χ4n) is 2.43. The van der Waals surface area contributed by atoms with Crippen LogP contribution in [0.2, 0.25) is 0 Å². The summed E-state index contributed by atoms with van der Waals surface area (Å²) in [6.07, 6.45) is 2.82. The third-order valence-electron chi connectivity index (χ3n) is 3.44. The van der Waals surface area contributed by atoms with Crippen LogP contribution in [0.25, 0.3) is 0 Å². The van der Waals surface area contributed by atoms with E-state index in [-0.39, 0.29) is 17.6 Å². The Morgan fingerprint density at radius 2 is 2.15 bits per heavy atom. The summed E-state index contributed by atoms with van der Waals surface area (Å²) in [7, 11) is 0. The first kappa shape index (κ1) is 14.3. The molecule has 0 spiro atoms. The Morgan fingerprint density at radius 1 is 1.45 bits per heavy atom. The van der Waals surface area contributed by atoms with Crippen LogP contribution in [0.5, 0.6) is 0 Å². The molecule has 2 rings (SSSR count). The minimum Gasteiger partial charge on any atom is -0.476 e. The van der Waals surface area contributed by atoms with E-state index in [1.165, 1.54) is 6.20 Å². The predicted molar refractivity (Wildman–Crippen MR) is 72.8 cm³/mol. The lowest BCUT2D eigenvalue weighted by atomic mass is 9.96. The Hall–Kier alpha value is -2.11. The number of aromatic nitrogens is 1. The van der Waals surface area contributed by atoms with Crippen molar-refractivity contribution in [2.24, 2.45) is 5.92 Å². The summed E-state index contributed by atoms with van der Waals surface area (Å²) in [5, 5.41) is 9.14. The predicted octanol–water partition coefficient (Wildman–Crippen LogP) is 1.56. The molecule has 0 unspecified atom stereocenters. The highest BCUT2D eigenvalue weighted by atomic mass is 16.5. The quantitative estimate of drug-likeness (QED) is 0.842. The van der Waals surface area contributed by atoms with Crippen LogP contribution in [0.1, 0.15) is 30.3 Å². The fraction of sp³-hybridized carbons (Fsp3) is 0.500. The van der Waals surface area contributed by atoms with Gasteiger partial charge in [-0.25, -0.2) is 9.78 Å². The summed E-state index contributed by atoms with van der Waals surface area (Å²) < 4.78 is 5.02. The summed E-state index contributed by atoms with van der Waals surface area (Å²) in [6, 6.07) is 3.47. The number of carboxylic acid groups (broad SMARTS) is 1. The number of anilines is 1. The molecule has 0 amide bonds. The van der Waals surface area contributed by atoms with Gasteiger partial charge in [0.05, 0.1) is 18.2 Å². The van der Waals surface area contributed by atoms with E-state index in [2.05, 4.69) is 4.98 Å². The lowest BCUT2D eigenvalue weighted by molar-refractivity contribution is -0.148. The molecule has 0 atom stereocenters. The first-order valence-corrected chi connectivity index (χ1v) is 6.73. The SMILES string of the molecule is CCOC(=O)C1CCN(c2cccnc2C(=O)O)CC1. The number of hydrogen-bond donors (Lipinski definition) is 1. The van der Waals surface area contributed by atoms with E-state index in [1.807, 2.05) is 4.90 Å². The number of piperidine rings is 1. The molecule has 0 radical (unpaired) electrons. The largest absolute Gasteiger partial charge is 0.476 e. The van der Waals surface area contributed by atoms with Gasteiger partial charge < -0.3 is 14.7 Å². The molecular formula is C14H18N2O4. The van der Waals surface area contributed by atoms with Crippen molar-refractivity contribution in [3.8, 4) is 0 Å². The molecule has 1 N–H and O–H groups in total. The summed E-state index contributed by atoms with van der Waals surface area (Å²) in [5.74, 6) is -1.28. The molecule has 1 saturated heterocycles. The van der Waals surface area contributed by atoms with Crippen molar-refractivity contribution in [1.82, 2.24) is 4.98 Å². The second-order valence-electron chi connectivity index (χ2n) is 4.69. The highest BCUT2D eigenvalue weighted by Crippen LogP contribution is 2.26. The van der Waals surface area contributed by atoms with Gasteiger partial charge in [-0.3, -0.25) is 4.79 Å². The number of carbonyl (C=O) groups is 2. The van der Waals surface area contributed by atoms with Crippen molar-refractivity contribution in [2.45, 2.75) is 19.8 Å². The van der Waals surface area contributed by atoms with Crippen molar-refractivity contribution in [1.29, 1.82) is 0 Å². The van der Waals surface area contributed by atoms with E-state index in [1.54, 1.807) is 19.1 Å². The Balaban J connectivity index is 2.04. The molecule has 2 heterocycles. The van der Waals surface area contributed by atoms with Gasteiger partial charge >= 0.3 is 11.9 Å². The van der Waals surface area contributed by atoms with Crippen LogP contribution in [-0.4, -0.2) is 41.7 Å². The number of esters is 1. The molecule has 1 aromatic heterocycles. The number of pyridine rings is 1. The molecule has 0 aromatic carbocycles. The van der Waals surface area contributed by atoms with Crippen LogP contribution in [0, 0.1) is 5.92 Å². The Morgan fingerprint density at radius 3 is 2.75 bits per heavy atom. The van der Waals surface area contributed by atoms with E-state index in [9.17, 15) is 9.59 Å². The molecule has 1 fully saturated rings. The number of hydrogen-bond acceptors (Lipinski definition) is 5. The monoisotopic (exact) mass is 278 g/mol. The van der Waals surface area contributed by atoms with Gasteiger partial charge in [-0.05, 0) is 31.9 Å². The molecule has 6 nitrogen and oxygen atoms in total. The maximum absolute atomic E-state index is 11.7. The number of nitrogens with zero attached hydrogens (tertiary/aromatic N) is 2. The fourth-order valence-corrected chi connectivity index (χ4v) is 2.43. The van der Waals surface area contributed by atoms with E-state index in [0.29, 0.717) is 38.2 Å².